The molecule has 2 heterocycles. The first kappa shape index (κ1) is 23.2. The van der Waals surface area contributed by atoms with Crippen LogP contribution in [0.15, 0.2) is 79.3 Å². The van der Waals surface area contributed by atoms with E-state index >= 15 is 0 Å². The maximum atomic E-state index is 13.9. The number of hydrogen-bond donors (Lipinski definition) is 2. The topological polar surface area (TPSA) is 88.9 Å². The highest BCUT2D eigenvalue weighted by molar-refractivity contribution is 6.01. The third kappa shape index (κ3) is 4.20. The van der Waals surface area contributed by atoms with Gasteiger partial charge in [-0.1, -0.05) is 36.4 Å². The van der Waals surface area contributed by atoms with Crippen LogP contribution in [0.1, 0.15) is 45.9 Å². The minimum absolute atomic E-state index is 0.0220. The molecular weight excluding hydrogens is 462 g/mol. The molecule has 4 aromatic rings. The number of aryl methyl sites for hydroxylation is 2. The molecule has 37 heavy (non-hydrogen) atoms. The van der Waals surface area contributed by atoms with Crippen LogP contribution in [0.3, 0.4) is 0 Å². The molecule has 0 bridgehead atoms. The summed E-state index contributed by atoms with van der Waals surface area (Å²) in [6, 6.07) is 19.1. The standard InChI is InChI=1S/C30H29N5O2/c1-19-18-31-15-11-23(19)20-7-9-22(10-8-20)33-29(37)27(34-28(36)25-12-16-32-35(25)2)26-24-6-4-3-5-21(24)17-30(26)13-14-30/h3-12,15-16,18,26-27H,13-14,17H2,1-2H3,(H,33,37)(H,34,36)/t26?,27-/m0/s1. The van der Waals surface area contributed by atoms with E-state index in [1.807, 2.05) is 55.6 Å². The molecule has 0 aliphatic heterocycles. The number of nitrogens with one attached hydrogen (secondary N) is 2. The smallest absolute Gasteiger partial charge is 0.270 e. The van der Waals surface area contributed by atoms with E-state index in [0.717, 1.165) is 41.5 Å². The van der Waals surface area contributed by atoms with Crippen molar-refractivity contribution >= 4 is 17.5 Å². The molecule has 2 aliphatic carbocycles. The predicted molar refractivity (Wildman–Crippen MR) is 142 cm³/mol. The van der Waals surface area contributed by atoms with Gasteiger partial charge in [-0.25, -0.2) is 0 Å². The summed E-state index contributed by atoms with van der Waals surface area (Å²) in [5, 5.41) is 10.3. The van der Waals surface area contributed by atoms with Crippen LogP contribution < -0.4 is 10.6 Å². The molecule has 186 valence electrons. The second-order valence-corrected chi connectivity index (χ2v) is 10.3. The molecule has 7 heteroatoms. The number of rotatable bonds is 6. The zero-order chi connectivity index (χ0) is 25.6. The van der Waals surface area contributed by atoms with E-state index in [1.165, 1.54) is 10.2 Å². The molecule has 1 fully saturated rings. The van der Waals surface area contributed by atoms with Crippen LogP contribution in [-0.4, -0.2) is 32.6 Å². The van der Waals surface area contributed by atoms with Crippen molar-refractivity contribution in [2.24, 2.45) is 12.5 Å². The zero-order valence-electron chi connectivity index (χ0n) is 20.9. The van der Waals surface area contributed by atoms with Crippen LogP contribution in [0.25, 0.3) is 11.1 Å². The van der Waals surface area contributed by atoms with Crippen molar-refractivity contribution < 1.29 is 9.59 Å². The average molecular weight is 492 g/mol. The maximum absolute atomic E-state index is 13.9. The van der Waals surface area contributed by atoms with E-state index in [2.05, 4.69) is 32.8 Å². The molecule has 2 N–H and O–H groups in total. The first-order valence-electron chi connectivity index (χ1n) is 12.6. The van der Waals surface area contributed by atoms with E-state index in [-0.39, 0.29) is 23.1 Å². The highest BCUT2D eigenvalue weighted by Crippen LogP contribution is 2.64. The van der Waals surface area contributed by atoms with Gasteiger partial charge in [-0.3, -0.25) is 19.3 Å². The lowest BCUT2D eigenvalue weighted by molar-refractivity contribution is -0.118. The van der Waals surface area contributed by atoms with Gasteiger partial charge in [0.15, 0.2) is 0 Å². The second-order valence-electron chi connectivity index (χ2n) is 10.3. The fraction of sp³-hybridized carbons (Fsp3) is 0.267. The van der Waals surface area contributed by atoms with Crippen LogP contribution in [0.5, 0.6) is 0 Å². The van der Waals surface area contributed by atoms with Gasteiger partial charge in [0.2, 0.25) is 5.91 Å². The van der Waals surface area contributed by atoms with E-state index in [0.29, 0.717) is 11.4 Å². The van der Waals surface area contributed by atoms with Crippen LogP contribution in [-0.2, 0) is 18.3 Å². The highest BCUT2D eigenvalue weighted by Gasteiger charge is 2.58. The van der Waals surface area contributed by atoms with E-state index < -0.39 is 6.04 Å². The van der Waals surface area contributed by atoms with Crippen LogP contribution in [0.2, 0.25) is 0 Å². The second kappa shape index (κ2) is 9.00. The van der Waals surface area contributed by atoms with Crippen molar-refractivity contribution in [2.45, 2.75) is 38.1 Å². The van der Waals surface area contributed by atoms with Crippen molar-refractivity contribution in [1.29, 1.82) is 0 Å². The SMILES string of the molecule is Cc1cnccc1-c1ccc(NC(=O)[C@@H](NC(=O)c2ccnn2C)C2c3ccccc3CC23CC3)cc1. The van der Waals surface area contributed by atoms with E-state index in [1.54, 1.807) is 25.5 Å². The normalized spacial score (nSPS) is 17.7. The van der Waals surface area contributed by atoms with E-state index in [4.69, 9.17) is 0 Å². The van der Waals surface area contributed by atoms with Crippen molar-refractivity contribution in [3.05, 3.63) is 102 Å². The van der Waals surface area contributed by atoms with Crippen LogP contribution in [0.4, 0.5) is 5.69 Å². The summed E-state index contributed by atoms with van der Waals surface area (Å²) < 4.78 is 1.53. The Labute approximate surface area is 215 Å². The van der Waals surface area contributed by atoms with Gasteiger partial charge in [-0.2, -0.15) is 5.10 Å². The third-order valence-corrected chi connectivity index (χ3v) is 7.92. The zero-order valence-corrected chi connectivity index (χ0v) is 20.9. The Balaban J connectivity index is 1.30. The molecule has 7 nitrogen and oxygen atoms in total. The molecule has 2 aromatic heterocycles. The summed E-state index contributed by atoms with van der Waals surface area (Å²) in [6.07, 6.45) is 8.26. The molecule has 2 aliphatic rings. The Morgan fingerprint density at radius 2 is 1.81 bits per heavy atom. The predicted octanol–water partition coefficient (Wildman–Crippen LogP) is 4.65. The number of anilines is 1. The number of benzene rings is 2. The number of fused-ring (bicyclic) bond motifs is 1. The molecule has 6 rings (SSSR count). The Morgan fingerprint density at radius 1 is 1.03 bits per heavy atom. The monoisotopic (exact) mass is 491 g/mol. The molecule has 1 spiro atoms. The fourth-order valence-corrected chi connectivity index (χ4v) is 5.86. The molecule has 0 radical (unpaired) electrons. The van der Waals surface area contributed by atoms with Crippen LogP contribution in [0, 0.1) is 12.3 Å². The van der Waals surface area contributed by atoms with Gasteiger partial charge >= 0.3 is 0 Å². The third-order valence-electron chi connectivity index (χ3n) is 7.92. The molecule has 1 saturated carbocycles. The summed E-state index contributed by atoms with van der Waals surface area (Å²) in [5.41, 5.74) is 6.82. The van der Waals surface area contributed by atoms with Crippen molar-refractivity contribution in [3.8, 4) is 11.1 Å². The quantitative estimate of drug-likeness (QED) is 0.411. The van der Waals surface area contributed by atoms with Gasteiger partial charge in [0.05, 0.1) is 0 Å². The molecule has 2 aromatic carbocycles. The largest absolute Gasteiger partial charge is 0.338 e. The first-order valence-corrected chi connectivity index (χ1v) is 12.6. The molecular formula is C30H29N5O2. The van der Waals surface area contributed by atoms with Gasteiger partial charge in [0, 0.05) is 37.2 Å². The number of carbonyl (C=O) groups excluding carboxylic acids is 2. The minimum atomic E-state index is -0.712. The minimum Gasteiger partial charge on any atom is -0.338 e. The number of amides is 2. The molecule has 0 saturated heterocycles. The average Bonchev–Trinajstić information content (AvgIpc) is 3.40. The molecule has 2 amide bonds. The van der Waals surface area contributed by atoms with Gasteiger partial charge in [-0.15, -0.1) is 0 Å². The molecule has 2 atom stereocenters. The van der Waals surface area contributed by atoms with Crippen LogP contribution >= 0.6 is 0 Å². The van der Waals surface area contributed by atoms with Crippen molar-refractivity contribution in [1.82, 2.24) is 20.1 Å². The van der Waals surface area contributed by atoms with Crippen molar-refractivity contribution in [2.75, 3.05) is 5.32 Å². The summed E-state index contributed by atoms with van der Waals surface area (Å²) in [5.74, 6) is -0.597. The Kier molecular flexibility index (Phi) is 5.63. The van der Waals surface area contributed by atoms with Gasteiger partial charge in [0.25, 0.3) is 5.91 Å². The first-order chi connectivity index (χ1) is 17.9. The fourth-order valence-electron chi connectivity index (χ4n) is 5.86. The van der Waals surface area contributed by atoms with Crippen molar-refractivity contribution in [3.63, 3.8) is 0 Å². The summed E-state index contributed by atoms with van der Waals surface area (Å²) in [6.45, 7) is 2.03. The number of carbonyl (C=O) groups is 2. The number of hydrogen-bond acceptors (Lipinski definition) is 4. The molecule has 1 unspecified atom stereocenters. The number of aromatic nitrogens is 3. The number of pyridine rings is 1. The lowest BCUT2D eigenvalue weighted by Gasteiger charge is -2.29. The Morgan fingerprint density at radius 3 is 2.51 bits per heavy atom. The van der Waals surface area contributed by atoms with Gasteiger partial charge in [0.1, 0.15) is 11.7 Å². The summed E-state index contributed by atoms with van der Waals surface area (Å²) in [4.78, 5) is 31.3. The maximum Gasteiger partial charge on any atom is 0.270 e. The van der Waals surface area contributed by atoms with Gasteiger partial charge in [-0.05, 0) is 83.7 Å². The van der Waals surface area contributed by atoms with E-state index in [9.17, 15) is 9.59 Å². The lowest BCUT2D eigenvalue weighted by Crippen LogP contribution is -2.49. The Hall–Kier alpha value is -4.26. The summed E-state index contributed by atoms with van der Waals surface area (Å²) in [7, 11) is 1.73. The van der Waals surface area contributed by atoms with Gasteiger partial charge < -0.3 is 10.6 Å². The lowest BCUT2D eigenvalue weighted by atomic mass is 9.82. The summed E-state index contributed by atoms with van der Waals surface area (Å²) >= 11 is 0. The number of nitrogens with zero attached hydrogens (tertiary/aromatic N) is 3. The Bertz CT molecular complexity index is 1490. The highest BCUT2D eigenvalue weighted by atomic mass is 16.2.